The van der Waals surface area contributed by atoms with Crippen LogP contribution >= 0.6 is 38.9 Å². The van der Waals surface area contributed by atoms with Crippen molar-refractivity contribution in [2.75, 3.05) is 0 Å². The van der Waals surface area contributed by atoms with E-state index < -0.39 is 0 Å². The normalized spacial score (nSPS) is 10.5. The van der Waals surface area contributed by atoms with Gasteiger partial charge in [0.25, 0.3) is 5.91 Å². The SMILES string of the molecule is Cc1cc(CNC(=O)c2cc(Cl)ccc2Br)sc1C. The summed E-state index contributed by atoms with van der Waals surface area (Å²) in [4.78, 5) is 14.5. The van der Waals surface area contributed by atoms with Crippen LogP contribution in [-0.4, -0.2) is 5.91 Å². The van der Waals surface area contributed by atoms with E-state index in [1.165, 1.54) is 10.4 Å². The molecule has 1 N–H and O–H groups in total. The molecule has 1 heterocycles. The van der Waals surface area contributed by atoms with Gasteiger partial charge < -0.3 is 5.32 Å². The number of amides is 1. The molecule has 0 spiro atoms. The predicted molar refractivity (Wildman–Crippen MR) is 84.1 cm³/mol. The van der Waals surface area contributed by atoms with Crippen molar-refractivity contribution in [3.63, 3.8) is 0 Å². The Labute approximate surface area is 129 Å². The molecule has 100 valence electrons. The highest BCUT2D eigenvalue weighted by molar-refractivity contribution is 9.10. The van der Waals surface area contributed by atoms with Crippen molar-refractivity contribution in [3.05, 3.63) is 54.6 Å². The van der Waals surface area contributed by atoms with E-state index >= 15 is 0 Å². The summed E-state index contributed by atoms with van der Waals surface area (Å²) < 4.78 is 0.743. The summed E-state index contributed by atoms with van der Waals surface area (Å²) in [6.07, 6.45) is 0. The molecule has 2 aromatic rings. The van der Waals surface area contributed by atoms with Crippen molar-refractivity contribution in [1.82, 2.24) is 5.32 Å². The zero-order valence-electron chi connectivity index (χ0n) is 10.6. The third-order valence-electron chi connectivity index (χ3n) is 2.81. The molecule has 1 aromatic carbocycles. The lowest BCUT2D eigenvalue weighted by Gasteiger charge is -2.06. The number of aryl methyl sites for hydroxylation is 2. The van der Waals surface area contributed by atoms with Crippen LogP contribution < -0.4 is 5.32 Å². The van der Waals surface area contributed by atoms with Crippen LogP contribution in [-0.2, 0) is 6.54 Å². The first-order valence-electron chi connectivity index (χ1n) is 5.76. The number of hydrogen-bond acceptors (Lipinski definition) is 2. The topological polar surface area (TPSA) is 29.1 Å². The lowest BCUT2D eigenvalue weighted by Crippen LogP contribution is -2.22. The Morgan fingerprint density at radius 3 is 2.74 bits per heavy atom. The van der Waals surface area contributed by atoms with E-state index in [2.05, 4.69) is 41.2 Å². The van der Waals surface area contributed by atoms with Crippen LogP contribution in [0.2, 0.25) is 5.02 Å². The summed E-state index contributed by atoms with van der Waals surface area (Å²) in [7, 11) is 0. The van der Waals surface area contributed by atoms with Crippen LogP contribution in [0.4, 0.5) is 0 Å². The van der Waals surface area contributed by atoms with Crippen LogP contribution in [0.15, 0.2) is 28.7 Å². The van der Waals surface area contributed by atoms with Crippen LogP contribution in [0, 0.1) is 13.8 Å². The predicted octanol–water partition coefficient (Wildman–Crippen LogP) is 4.71. The van der Waals surface area contributed by atoms with Gasteiger partial charge in [-0.1, -0.05) is 11.6 Å². The molecule has 5 heteroatoms. The van der Waals surface area contributed by atoms with Gasteiger partial charge in [0.15, 0.2) is 0 Å². The number of benzene rings is 1. The van der Waals surface area contributed by atoms with Crippen molar-refractivity contribution in [2.24, 2.45) is 0 Å². The number of nitrogens with one attached hydrogen (secondary N) is 1. The van der Waals surface area contributed by atoms with Gasteiger partial charge in [-0.2, -0.15) is 0 Å². The molecule has 0 radical (unpaired) electrons. The van der Waals surface area contributed by atoms with Gasteiger partial charge in [0.1, 0.15) is 0 Å². The second kappa shape index (κ2) is 6.07. The third-order valence-corrected chi connectivity index (χ3v) is 4.89. The highest BCUT2D eigenvalue weighted by atomic mass is 79.9. The maximum atomic E-state index is 12.1. The summed E-state index contributed by atoms with van der Waals surface area (Å²) in [5.41, 5.74) is 1.82. The zero-order chi connectivity index (χ0) is 14.0. The summed E-state index contributed by atoms with van der Waals surface area (Å²) >= 11 is 11.0. The molecule has 0 fully saturated rings. The van der Waals surface area contributed by atoms with Crippen molar-refractivity contribution >= 4 is 44.8 Å². The van der Waals surface area contributed by atoms with E-state index in [0.29, 0.717) is 17.1 Å². The van der Waals surface area contributed by atoms with Gasteiger partial charge >= 0.3 is 0 Å². The van der Waals surface area contributed by atoms with Gasteiger partial charge in [-0.25, -0.2) is 0 Å². The average Bonchev–Trinajstić information content (AvgIpc) is 2.69. The molecule has 1 amide bonds. The lowest BCUT2D eigenvalue weighted by molar-refractivity contribution is 0.0950. The zero-order valence-corrected chi connectivity index (χ0v) is 13.7. The molecule has 0 unspecified atom stereocenters. The first kappa shape index (κ1) is 14.6. The third kappa shape index (κ3) is 3.59. The van der Waals surface area contributed by atoms with E-state index in [9.17, 15) is 4.79 Å². The molecular formula is C14H13BrClNOS. The van der Waals surface area contributed by atoms with Crippen molar-refractivity contribution in [3.8, 4) is 0 Å². The summed E-state index contributed by atoms with van der Waals surface area (Å²) in [5.74, 6) is -0.127. The number of rotatable bonds is 3. The molecule has 0 bridgehead atoms. The van der Waals surface area contributed by atoms with Crippen LogP contribution in [0.25, 0.3) is 0 Å². The second-order valence-electron chi connectivity index (χ2n) is 4.26. The number of carbonyl (C=O) groups is 1. The summed E-state index contributed by atoms with van der Waals surface area (Å²) in [5, 5.41) is 3.46. The van der Waals surface area contributed by atoms with Gasteiger partial charge in [0.05, 0.1) is 12.1 Å². The van der Waals surface area contributed by atoms with Crippen molar-refractivity contribution < 1.29 is 4.79 Å². The molecule has 0 saturated heterocycles. The van der Waals surface area contributed by atoms with Crippen LogP contribution in [0.1, 0.15) is 25.7 Å². The monoisotopic (exact) mass is 357 g/mol. The van der Waals surface area contributed by atoms with Gasteiger partial charge in [0, 0.05) is 19.2 Å². The fourth-order valence-electron chi connectivity index (χ4n) is 1.67. The Balaban J connectivity index is 2.07. The highest BCUT2D eigenvalue weighted by Crippen LogP contribution is 2.22. The van der Waals surface area contributed by atoms with Crippen LogP contribution in [0.5, 0.6) is 0 Å². The van der Waals surface area contributed by atoms with Gasteiger partial charge in [-0.05, 0) is 59.6 Å². The number of hydrogen-bond donors (Lipinski definition) is 1. The van der Waals surface area contributed by atoms with E-state index in [0.717, 1.165) is 9.35 Å². The van der Waals surface area contributed by atoms with Gasteiger partial charge in [0.2, 0.25) is 0 Å². The second-order valence-corrected chi connectivity index (χ2v) is 6.89. The standard InChI is InChI=1S/C14H13BrClNOS/c1-8-5-11(19-9(8)2)7-17-14(18)12-6-10(16)3-4-13(12)15/h3-6H,7H2,1-2H3,(H,17,18). The molecule has 0 atom stereocenters. The van der Waals surface area contributed by atoms with E-state index in [1.54, 1.807) is 29.5 Å². The fraction of sp³-hybridized carbons (Fsp3) is 0.214. The van der Waals surface area contributed by atoms with Gasteiger partial charge in [-0.3, -0.25) is 4.79 Å². The largest absolute Gasteiger partial charge is 0.347 e. The van der Waals surface area contributed by atoms with Gasteiger partial charge in [-0.15, -0.1) is 11.3 Å². The Morgan fingerprint density at radius 2 is 2.11 bits per heavy atom. The smallest absolute Gasteiger partial charge is 0.252 e. The van der Waals surface area contributed by atoms with Crippen molar-refractivity contribution in [2.45, 2.75) is 20.4 Å². The number of halogens is 2. The van der Waals surface area contributed by atoms with Crippen LogP contribution in [0.3, 0.4) is 0 Å². The number of carbonyl (C=O) groups excluding carboxylic acids is 1. The first-order valence-corrected chi connectivity index (χ1v) is 7.75. The van der Waals surface area contributed by atoms with E-state index in [1.807, 2.05) is 0 Å². The summed E-state index contributed by atoms with van der Waals surface area (Å²) in [6.45, 7) is 4.70. The van der Waals surface area contributed by atoms with Crippen molar-refractivity contribution in [1.29, 1.82) is 0 Å². The molecule has 0 aliphatic rings. The molecule has 0 aliphatic heterocycles. The quantitative estimate of drug-likeness (QED) is 0.846. The molecule has 2 nitrogen and oxygen atoms in total. The maximum Gasteiger partial charge on any atom is 0.252 e. The minimum absolute atomic E-state index is 0.127. The highest BCUT2D eigenvalue weighted by Gasteiger charge is 2.11. The minimum atomic E-state index is -0.127. The first-order chi connectivity index (χ1) is 8.97. The molecular weight excluding hydrogens is 346 g/mol. The maximum absolute atomic E-state index is 12.1. The molecule has 1 aromatic heterocycles. The Kier molecular flexibility index (Phi) is 4.66. The summed E-state index contributed by atoms with van der Waals surface area (Å²) in [6, 6.07) is 7.28. The molecule has 2 rings (SSSR count). The molecule has 0 aliphatic carbocycles. The molecule has 19 heavy (non-hydrogen) atoms. The molecule has 0 saturated carbocycles. The fourth-order valence-corrected chi connectivity index (χ4v) is 3.26. The number of thiophene rings is 1. The Morgan fingerprint density at radius 1 is 1.37 bits per heavy atom. The Bertz CT molecular complexity index is 604. The Hall–Kier alpha value is -0.840. The van der Waals surface area contributed by atoms with E-state index in [-0.39, 0.29) is 5.91 Å². The average molecular weight is 359 g/mol. The minimum Gasteiger partial charge on any atom is -0.347 e. The van der Waals surface area contributed by atoms with E-state index in [4.69, 9.17) is 11.6 Å². The lowest BCUT2D eigenvalue weighted by atomic mass is 10.2.